The highest BCUT2D eigenvalue weighted by molar-refractivity contribution is 6.02. The predicted octanol–water partition coefficient (Wildman–Crippen LogP) is -1.11. The van der Waals surface area contributed by atoms with Crippen molar-refractivity contribution >= 4 is 23.7 Å². The monoisotopic (exact) mass is 284 g/mol. The Bertz CT molecular complexity index is 439. The topological polar surface area (TPSA) is 113 Å². The zero-order valence-corrected chi connectivity index (χ0v) is 10.9. The molecule has 2 fully saturated rings. The zero-order valence-electron chi connectivity index (χ0n) is 10.9. The van der Waals surface area contributed by atoms with Gasteiger partial charge in [-0.15, -0.1) is 0 Å². The van der Waals surface area contributed by atoms with E-state index in [1.54, 1.807) is 0 Å². The van der Waals surface area contributed by atoms with Crippen molar-refractivity contribution in [1.29, 1.82) is 0 Å². The van der Waals surface area contributed by atoms with Crippen molar-refractivity contribution in [2.75, 3.05) is 19.8 Å². The number of carbonyl (C=O) groups excluding carboxylic acids is 3. The highest BCUT2D eigenvalue weighted by Crippen LogP contribution is 2.19. The molecule has 0 radical (unpaired) electrons. The van der Waals surface area contributed by atoms with E-state index in [0.717, 1.165) is 4.90 Å². The largest absolute Gasteiger partial charge is 0.479 e. The van der Waals surface area contributed by atoms with Gasteiger partial charge in [-0.3, -0.25) is 19.3 Å². The first kappa shape index (κ1) is 14.4. The molecule has 2 heterocycles. The first-order valence-electron chi connectivity index (χ1n) is 6.40. The standard InChI is InChI=1S/C12H16N2O6/c15-8(3-5-14-9(16)1-2-10(14)17)13-12(11(18)19)4-6-20-7-12/h1-7H2,(H,13,15)(H,18,19). The minimum absolute atomic E-state index is 0.0138. The van der Waals surface area contributed by atoms with Gasteiger partial charge in [0.1, 0.15) is 0 Å². The quantitative estimate of drug-likeness (QED) is 0.619. The fraction of sp³-hybridized carbons (Fsp3) is 0.667. The average Bonchev–Trinajstić information content (AvgIpc) is 2.97. The van der Waals surface area contributed by atoms with Gasteiger partial charge in [-0.05, 0) is 0 Å². The van der Waals surface area contributed by atoms with Gasteiger partial charge in [0, 0.05) is 38.8 Å². The summed E-state index contributed by atoms with van der Waals surface area (Å²) in [4.78, 5) is 46.8. The van der Waals surface area contributed by atoms with E-state index in [4.69, 9.17) is 9.84 Å². The Kier molecular flexibility index (Phi) is 4.03. The Morgan fingerprint density at radius 3 is 2.45 bits per heavy atom. The number of aliphatic carboxylic acids is 1. The van der Waals surface area contributed by atoms with Crippen LogP contribution in [0.4, 0.5) is 0 Å². The van der Waals surface area contributed by atoms with Crippen LogP contribution in [0.3, 0.4) is 0 Å². The molecule has 8 heteroatoms. The molecule has 0 bridgehead atoms. The van der Waals surface area contributed by atoms with Crippen molar-refractivity contribution < 1.29 is 29.0 Å². The smallest absolute Gasteiger partial charge is 0.331 e. The van der Waals surface area contributed by atoms with E-state index in [0.29, 0.717) is 0 Å². The van der Waals surface area contributed by atoms with Gasteiger partial charge in [0.2, 0.25) is 17.7 Å². The number of amides is 3. The van der Waals surface area contributed by atoms with Gasteiger partial charge in [-0.1, -0.05) is 0 Å². The van der Waals surface area contributed by atoms with Crippen LogP contribution in [0.15, 0.2) is 0 Å². The number of carboxylic acid groups (broad SMARTS) is 1. The van der Waals surface area contributed by atoms with Crippen molar-refractivity contribution in [1.82, 2.24) is 10.2 Å². The Hall–Kier alpha value is -1.96. The summed E-state index contributed by atoms with van der Waals surface area (Å²) in [5.41, 5.74) is -1.39. The number of hydrogen-bond donors (Lipinski definition) is 2. The minimum atomic E-state index is -1.39. The van der Waals surface area contributed by atoms with E-state index in [1.165, 1.54) is 0 Å². The van der Waals surface area contributed by atoms with E-state index in [1.807, 2.05) is 0 Å². The van der Waals surface area contributed by atoms with Crippen LogP contribution in [0, 0.1) is 0 Å². The van der Waals surface area contributed by atoms with Crippen LogP contribution in [0.1, 0.15) is 25.7 Å². The van der Waals surface area contributed by atoms with Crippen molar-refractivity contribution in [3.8, 4) is 0 Å². The van der Waals surface area contributed by atoms with Gasteiger partial charge in [0.25, 0.3) is 0 Å². The molecule has 3 amide bonds. The van der Waals surface area contributed by atoms with Crippen molar-refractivity contribution in [2.45, 2.75) is 31.2 Å². The maximum atomic E-state index is 11.8. The molecule has 0 saturated carbocycles. The molecule has 0 spiro atoms. The van der Waals surface area contributed by atoms with Crippen LogP contribution in [0.5, 0.6) is 0 Å². The molecule has 8 nitrogen and oxygen atoms in total. The molecule has 2 aliphatic rings. The first-order chi connectivity index (χ1) is 9.44. The van der Waals surface area contributed by atoms with E-state index < -0.39 is 17.4 Å². The summed E-state index contributed by atoms with van der Waals surface area (Å²) in [6.07, 6.45) is 0.447. The summed E-state index contributed by atoms with van der Waals surface area (Å²) in [5, 5.41) is 11.6. The van der Waals surface area contributed by atoms with Crippen molar-refractivity contribution in [3.63, 3.8) is 0 Å². The number of carboxylic acids is 1. The van der Waals surface area contributed by atoms with Crippen LogP contribution in [0.25, 0.3) is 0 Å². The van der Waals surface area contributed by atoms with Gasteiger partial charge in [-0.25, -0.2) is 4.79 Å². The minimum Gasteiger partial charge on any atom is -0.479 e. The molecule has 2 aliphatic heterocycles. The molecule has 20 heavy (non-hydrogen) atoms. The average molecular weight is 284 g/mol. The van der Waals surface area contributed by atoms with Crippen LogP contribution in [-0.4, -0.2) is 59.0 Å². The van der Waals surface area contributed by atoms with Gasteiger partial charge >= 0.3 is 5.97 Å². The summed E-state index contributed by atoms with van der Waals surface area (Å²) in [6, 6.07) is 0. The molecule has 0 aromatic rings. The highest BCUT2D eigenvalue weighted by atomic mass is 16.5. The van der Waals surface area contributed by atoms with Gasteiger partial charge < -0.3 is 15.2 Å². The third kappa shape index (κ3) is 2.79. The second-order valence-corrected chi connectivity index (χ2v) is 4.93. The van der Waals surface area contributed by atoms with E-state index in [2.05, 4.69) is 5.32 Å². The number of imide groups is 1. The van der Waals surface area contributed by atoms with Gasteiger partial charge in [-0.2, -0.15) is 0 Å². The number of rotatable bonds is 5. The molecule has 110 valence electrons. The lowest BCUT2D eigenvalue weighted by atomic mass is 9.99. The summed E-state index contributed by atoms with van der Waals surface area (Å²) < 4.78 is 5.02. The van der Waals surface area contributed by atoms with Crippen molar-refractivity contribution in [3.05, 3.63) is 0 Å². The lowest BCUT2D eigenvalue weighted by Crippen LogP contribution is -2.55. The lowest BCUT2D eigenvalue weighted by Gasteiger charge is -2.24. The first-order valence-corrected chi connectivity index (χ1v) is 6.40. The molecule has 0 aromatic heterocycles. The fourth-order valence-electron chi connectivity index (χ4n) is 2.30. The number of likely N-dealkylation sites (tertiary alicyclic amines) is 1. The summed E-state index contributed by atoms with van der Waals surface area (Å²) in [7, 11) is 0. The predicted molar refractivity (Wildman–Crippen MR) is 64.5 cm³/mol. The number of carbonyl (C=O) groups is 4. The maximum Gasteiger partial charge on any atom is 0.331 e. The fourth-order valence-corrected chi connectivity index (χ4v) is 2.30. The normalized spacial score (nSPS) is 26.1. The summed E-state index contributed by atoms with van der Waals surface area (Å²) in [6.45, 7) is 0.186. The maximum absolute atomic E-state index is 11.8. The van der Waals surface area contributed by atoms with Crippen LogP contribution < -0.4 is 5.32 Å². The molecule has 0 aliphatic carbocycles. The zero-order chi connectivity index (χ0) is 14.8. The van der Waals surface area contributed by atoms with Crippen LogP contribution in [-0.2, 0) is 23.9 Å². The molecule has 2 rings (SSSR count). The number of nitrogens with zero attached hydrogens (tertiary/aromatic N) is 1. The second kappa shape index (κ2) is 5.58. The highest BCUT2D eigenvalue weighted by Gasteiger charge is 2.44. The lowest BCUT2D eigenvalue weighted by molar-refractivity contribution is -0.148. The van der Waals surface area contributed by atoms with Crippen LogP contribution in [0.2, 0.25) is 0 Å². The SMILES string of the molecule is O=C(CCN1C(=O)CCC1=O)NC1(C(=O)O)CCOC1. The number of nitrogens with one attached hydrogen (secondary N) is 1. The second-order valence-electron chi connectivity index (χ2n) is 4.93. The molecule has 0 aromatic carbocycles. The molecule has 2 N–H and O–H groups in total. The summed E-state index contributed by atoms with van der Waals surface area (Å²) in [5.74, 6) is -2.23. The van der Waals surface area contributed by atoms with E-state index in [9.17, 15) is 19.2 Å². The molecule has 2 saturated heterocycles. The Labute approximate surface area is 115 Å². The molecular weight excluding hydrogens is 268 g/mol. The Morgan fingerprint density at radius 2 is 1.95 bits per heavy atom. The van der Waals surface area contributed by atoms with Gasteiger partial charge in [0.05, 0.1) is 6.61 Å². The third-order valence-electron chi connectivity index (χ3n) is 3.53. The summed E-state index contributed by atoms with van der Waals surface area (Å²) >= 11 is 0. The van der Waals surface area contributed by atoms with E-state index in [-0.39, 0.29) is 57.3 Å². The Balaban J connectivity index is 1.87. The molecule has 1 unspecified atom stereocenters. The Morgan fingerprint density at radius 1 is 1.30 bits per heavy atom. The number of ether oxygens (including phenoxy) is 1. The third-order valence-corrected chi connectivity index (χ3v) is 3.53. The number of hydrogen-bond acceptors (Lipinski definition) is 5. The molecule has 1 atom stereocenters. The van der Waals surface area contributed by atoms with Crippen molar-refractivity contribution in [2.24, 2.45) is 0 Å². The van der Waals surface area contributed by atoms with Gasteiger partial charge in [0.15, 0.2) is 5.54 Å². The van der Waals surface area contributed by atoms with E-state index >= 15 is 0 Å². The molecular formula is C12H16N2O6. The van der Waals surface area contributed by atoms with Crippen LogP contribution >= 0.6 is 0 Å².